The molecule has 0 saturated heterocycles. The lowest BCUT2D eigenvalue weighted by atomic mass is 9.98. The number of fused-ring (bicyclic) bond motifs is 3. The molecule has 0 radical (unpaired) electrons. The molecule has 1 heterocycles. The molecule has 1 aromatic heterocycles. The minimum absolute atomic E-state index is 0.00975. The molecule has 1 aliphatic carbocycles. The van der Waals surface area contributed by atoms with Gasteiger partial charge in [-0.1, -0.05) is 66.1 Å². The van der Waals surface area contributed by atoms with Crippen molar-refractivity contribution in [2.24, 2.45) is 0 Å². The summed E-state index contributed by atoms with van der Waals surface area (Å²) in [5.41, 5.74) is 4.39. The molecule has 3 aromatic rings. The maximum absolute atomic E-state index is 12.1. The molecule has 0 aliphatic heterocycles. The van der Waals surface area contributed by atoms with Crippen molar-refractivity contribution in [3.05, 3.63) is 92.8 Å². The summed E-state index contributed by atoms with van der Waals surface area (Å²) in [4.78, 5) is 26.5. The first kappa shape index (κ1) is 21.3. The van der Waals surface area contributed by atoms with Gasteiger partial charge in [0.05, 0.1) is 9.95 Å². The van der Waals surface area contributed by atoms with E-state index in [1.165, 1.54) is 12.3 Å². The van der Waals surface area contributed by atoms with E-state index in [-0.39, 0.29) is 41.9 Å². The van der Waals surface area contributed by atoms with E-state index in [4.69, 9.17) is 16.3 Å². The Balaban J connectivity index is 1.30. The standard InChI is InChI=1S/C24H18ClN3O4/c25-16-13-23(28(30)31)22(27-14-16)11-5-6-12-26-24(29)32-15-21-19-9-3-1-7-17(19)18-8-2-4-10-20(18)21/h1-4,7-10,13-14,21H,6,12,15H2,(H,26,29). The van der Waals surface area contributed by atoms with Crippen LogP contribution >= 0.6 is 11.6 Å². The number of nitrogens with zero attached hydrogens (tertiary/aromatic N) is 2. The lowest BCUT2D eigenvalue weighted by Crippen LogP contribution is -2.26. The molecule has 8 heteroatoms. The van der Waals surface area contributed by atoms with Crippen molar-refractivity contribution >= 4 is 23.4 Å². The first-order valence-electron chi connectivity index (χ1n) is 9.92. The minimum Gasteiger partial charge on any atom is -0.449 e. The van der Waals surface area contributed by atoms with Gasteiger partial charge in [-0.2, -0.15) is 0 Å². The number of benzene rings is 2. The van der Waals surface area contributed by atoms with Gasteiger partial charge < -0.3 is 10.1 Å². The van der Waals surface area contributed by atoms with Crippen LogP contribution in [0.1, 0.15) is 29.2 Å². The Bertz CT molecular complexity index is 1200. The number of amides is 1. The van der Waals surface area contributed by atoms with Gasteiger partial charge in [-0.15, -0.1) is 0 Å². The van der Waals surface area contributed by atoms with Gasteiger partial charge in [0, 0.05) is 31.1 Å². The number of nitrogens with one attached hydrogen (secondary N) is 1. The summed E-state index contributed by atoms with van der Waals surface area (Å²) in [5.74, 6) is 5.40. The van der Waals surface area contributed by atoms with Gasteiger partial charge in [-0.05, 0) is 28.2 Å². The van der Waals surface area contributed by atoms with Crippen molar-refractivity contribution in [3.63, 3.8) is 0 Å². The third-order valence-corrected chi connectivity index (χ3v) is 5.31. The molecule has 1 N–H and O–H groups in total. The molecular weight excluding hydrogens is 430 g/mol. The Hall–Kier alpha value is -3.89. The molecule has 0 spiro atoms. The number of nitro groups is 1. The Morgan fingerprint density at radius 3 is 2.47 bits per heavy atom. The molecular formula is C24H18ClN3O4. The second-order valence-electron chi connectivity index (χ2n) is 7.08. The van der Waals surface area contributed by atoms with Gasteiger partial charge in [0.1, 0.15) is 6.61 Å². The zero-order chi connectivity index (χ0) is 22.5. The van der Waals surface area contributed by atoms with Crippen LogP contribution in [0.3, 0.4) is 0 Å². The van der Waals surface area contributed by atoms with Gasteiger partial charge in [-0.3, -0.25) is 10.1 Å². The quantitative estimate of drug-likeness (QED) is 0.259. The van der Waals surface area contributed by atoms with Gasteiger partial charge in [0.25, 0.3) is 0 Å². The lowest BCUT2D eigenvalue weighted by molar-refractivity contribution is -0.385. The number of carbonyl (C=O) groups excluding carboxylic acids is 1. The highest BCUT2D eigenvalue weighted by molar-refractivity contribution is 6.30. The second-order valence-corrected chi connectivity index (χ2v) is 7.52. The number of aromatic nitrogens is 1. The average molecular weight is 448 g/mol. The largest absolute Gasteiger partial charge is 0.449 e. The number of hydrogen-bond donors (Lipinski definition) is 1. The molecule has 0 fully saturated rings. The highest BCUT2D eigenvalue weighted by atomic mass is 35.5. The molecule has 160 valence electrons. The maximum Gasteiger partial charge on any atom is 0.407 e. The summed E-state index contributed by atoms with van der Waals surface area (Å²) < 4.78 is 5.45. The summed E-state index contributed by atoms with van der Waals surface area (Å²) in [5, 5.41) is 13.9. The molecule has 0 unspecified atom stereocenters. The van der Waals surface area contributed by atoms with Crippen molar-refractivity contribution in [2.45, 2.75) is 12.3 Å². The van der Waals surface area contributed by atoms with Crippen LogP contribution in [-0.4, -0.2) is 29.2 Å². The number of ether oxygens (including phenoxy) is 1. The molecule has 32 heavy (non-hydrogen) atoms. The van der Waals surface area contributed by atoms with Gasteiger partial charge in [0.2, 0.25) is 0 Å². The molecule has 0 bridgehead atoms. The number of halogens is 1. The summed E-state index contributed by atoms with van der Waals surface area (Å²) in [6, 6.07) is 17.4. The predicted octanol–water partition coefficient (Wildman–Crippen LogP) is 4.92. The smallest absolute Gasteiger partial charge is 0.407 e. The highest BCUT2D eigenvalue weighted by Gasteiger charge is 2.28. The van der Waals surface area contributed by atoms with E-state index in [9.17, 15) is 14.9 Å². The van der Waals surface area contributed by atoms with E-state index in [0.29, 0.717) is 0 Å². The van der Waals surface area contributed by atoms with Gasteiger partial charge >= 0.3 is 11.8 Å². The Morgan fingerprint density at radius 2 is 1.81 bits per heavy atom. The van der Waals surface area contributed by atoms with Crippen molar-refractivity contribution < 1.29 is 14.5 Å². The first-order chi connectivity index (χ1) is 15.5. The van der Waals surface area contributed by atoms with E-state index >= 15 is 0 Å². The Kier molecular flexibility index (Phi) is 6.34. The van der Waals surface area contributed by atoms with E-state index in [1.807, 2.05) is 24.3 Å². The molecule has 1 aliphatic rings. The average Bonchev–Trinajstić information content (AvgIpc) is 3.12. The van der Waals surface area contributed by atoms with Crippen LogP contribution in [0.4, 0.5) is 10.5 Å². The van der Waals surface area contributed by atoms with Crippen molar-refractivity contribution in [1.29, 1.82) is 0 Å². The Labute approximate surface area is 189 Å². The summed E-state index contributed by atoms with van der Waals surface area (Å²) in [6.45, 7) is 0.470. The van der Waals surface area contributed by atoms with E-state index in [2.05, 4.69) is 46.4 Å². The van der Waals surface area contributed by atoms with Crippen LogP contribution in [0.2, 0.25) is 5.02 Å². The van der Waals surface area contributed by atoms with Crippen LogP contribution in [-0.2, 0) is 4.74 Å². The van der Waals surface area contributed by atoms with E-state index in [0.717, 1.165) is 22.3 Å². The van der Waals surface area contributed by atoms with Crippen LogP contribution in [0.15, 0.2) is 60.8 Å². The van der Waals surface area contributed by atoms with Crippen molar-refractivity contribution in [3.8, 4) is 23.0 Å². The molecule has 1 amide bonds. The summed E-state index contributed by atoms with van der Waals surface area (Å²) >= 11 is 5.74. The van der Waals surface area contributed by atoms with Gasteiger partial charge in [-0.25, -0.2) is 9.78 Å². The molecule has 2 aromatic carbocycles. The zero-order valence-corrected chi connectivity index (χ0v) is 17.6. The summed E-state index contributed by atoms with van der Waals surface area (Å²) in [7, 11) is 0. The highest BCUT2D eigenvalue weighted by Crippen LogP contribution is 2.44. The maximum atomic E-state index is 12.1. The molecule has 0 saturated carbocycles. The topological polar surface area (TPSA) is 94.4 Å². The SMILES string of the molecule is O=C(NCCC#Cc1ncc(Cl)cc1[N+](=O)[O-])OCC1c2ccccc2-c2ccccc21. The molecule has 0 atom stereocenters. The van der Waals surface area contributed by atoms with Crippen LogP contribution in [0.5, 0.6) is 0 Å². The number of rotatable bonds is 5. The fraction of sp³-hybridized carbons (Fsp3) is 0.167. The third kappa shape index (κ3) is 4.56. The number of alkyl carbamates (subject to hydrolysis) is 1. The zero-order valence-electron chi connectivity index (χ0n) is 16.9. The van der Waals surface area contributed by atoms with Crippen LogP contribution < -0.4 is 5.32 Å². The molecule has 4 rings (SSSR count). The van der Waals surface area contributed by atoms with Crippen LogP contribution in [0.25, 0.3) is 11.1 Å². The normalized spacial score (nSPS) is 11.7. The van der Waals surface area contributed by atoms with Crippen molar-refractivity contribution in [2.75, 3.05) is 13.2 Å². The van der Waals surface area contributed by atoms with Crippen molar-refractivity contribution in [1.82, 2.24) is 10.3 Å². The van der Waals surface area contributed by atoms with E-state index in [1.54, 1.807) is 0 Å². The fourth-order valence-electron chi connectivity index (χ4n) is 3.69. The summed E-state index contributed by atoms with van der Waals surface area (Å²) in [6.07, 6.45) is 1.04. The molecule has 7 nitrogen and oxygen atoms in total. The third-order valence-electron chi connectivity index (χ3n) is 5.10. The number of hydrogen-bond acceptors (Lipinski definition) is 5. The first-order valence-corrected chi connectivity index (χ1v) is 10.3. The second kappa shape index (κ2) is 9.50. The fourth-order valence-corrected chi connectivity index (χ4v) is 3.84. The monoisotopic (exact) mass is 447 g/mol. The predicted molar refractivity (Wildman–Crippen MR) is 120 cm³/mol. The number of pyridine rings is 1. The van der Waals surface area contributed by atoms with Gasteiger partial charge in [0.15, 0.2) is 5.69 Å². The van der Waals surface area contributed by atoms with E-state index < -0.39 is 11.0 Å². The van der Waals surface area contributed by atoms with Crippen LogP contribution in [0, 0.1) is 22.0 Å². The Morgan fingerprint density at radius 1 is 1.16 bits per heavy atom. The minimum atomic E-state index is -0.585. The number of carbonyl (C=O) groups is 1. The lowest BCUT2D eigenvalue weighted by Gasteiger charge is -2.14.